The molecule has 0 unspecified atom stereocenters. The lowest BCUT2D eigenvalue weighted by atomic mass is 9.80. The molecule has 0 aliphatic carbocycles. The van der Waals surface area contributed by atoms with Crippen LogP contribution in [0.5, 0.6) is 5.75 Å². The largest absolute Gasteiger partial charge is 0.490 e. The quantitative estimate of drug-likeness (QED) is 0.657. The zero-order valence-corrected chi connectivity index (χ0v) is 11.1. The molecule has 19 heavy (non-hydrogen) atoms. The van der Waals surface area contributed by atoms with Gasteiger partial charge in [0.1, 0.15) is 5.69 Å². The van der Waals surface area contributed by atoms with Crippen LogP contribution in [0.1, 0.15) is 32.3 Å². The average Bonchev–Trinajstić information content (AvgIpc) is 2.45. The highest BCUT2D eigenvalue weighted by Gasteiger charge is 2.35. The van der Waals surface area contributed by atoms with Crippen molar-refractivity contribution in [3.8, 4) is 5.75 Å². The molecule has 0 saturated carbocycles. The fraction of sp³-hybridized carbons (Fsp3) is 0.462. The first-order valence-electron chi connectivity index (χ1n) is 6.02. The zero-order valence-electron chi connectivity index (χ0n) is 11.1. The Balaban J connectivity index is 2.74. The van der Waals surface area contributed by atoms with Crippen molar-refractivity contribution in [1.29, 1.82) is 0 Å². The first-order chi connectivity index (χ1) is 8.86. The van der Waals surface area contributed by atoms with Crippen molar-refractivity contribution in [3.05, 3.63) is 27.8 Å². The fourth-order valence-corrected chi connectivity index (χ4v) is 2.37. The molecule has 1 aliphatic rings. The number of methoxy groups -OCH3 is 1. The number of hydrogen-bond donors (Lipinski definition) is 1. The van der Waals surface area contributed by atoms with Gasteiger partial charge in [0.25, 0.3) is 0 Å². The first kappa shape index (κ1) is 13.3. The maximum Gasteiger partial charge on any atom is 0.334 e. The minimum atomic E-state index is -0.515. The summed E-state index contributed by atoms with van der Waals surface area (Å²) in [4.78, 5) is 22.5. The minimum absolute atomic E-state index is 0.154. The summed E-state index contributed by atoms with van der Waals surface area (Å²) < 4.78 is 5.02. The van der Waals surface area contributed by atoms with Crippen LogP contribution < -0.4 is 10.1 Å². The van der Waals surface area contributed by atoms with E-state index in [0.29, 0.717) is 12.8 Å². The molecule has 0 fully saturated rings. The summed E-state index contributed by atoms with van der Waals surface area (Å²) in [7, 11) is 1.37. The van der Waals surface area contributed by atoms with Gasteiger partial charge in [-0.15, -0.1) is 0 Å². The maximum atomic E-state index is 11.7. The van der Waals surface area contributed by atoms with Crippen LogP contribution in [-0.2, 0) is 10.2 Å². The summed E-state index contributed by atoms with van der Waals surface area (Å²) in [6.45, 7) is 3.95. The number of benzene rings is 1. The molecule has 0 bridgehead atoms. The Kier molecular flexibility index (Phi) is 3.18. The van der Waals surface area contributed by atoms with E-state index in [1.54, 1.807) is 12.1 Å². The Morgan fingerprint density at radius 3 is 2.68 bits per heavy atom. The Morgan fingerprint density at radius 2 is 2.11 bits per heavy atom. The predicted molar refractivity (Wildman–Crippen MR) is 70.5 cm³/mol. The Hall–Kier alpha value is -2.11. The lowest BCUT2D eigenvalue weighted by molar-refractivity contribution is -0.384. The maximum absolute atomic E-state index is 11.7. The second-order valence-electron chi connectivity index (χ2n) is 5.23. The summed E-state index contributed by atoms with van der Waals surface area (Å²) in [6, 6.07) is 3.36. The molecule has 1 aromatic carbocycles. The summed E-state index contributed by atoms with van der Waals surface area (Å²) in [5.74, 6) is -0.0510. The van der Waals surface area contributed by atoms with Gasteiger partial charge in [-0.05, 0) is 23.5 Å². The molecule has 1 heterocycles. The van der Waals surface area contributed by atoms with Gasteiger partial charge in [-0.3, -0.25) is 14.9 Å². The number of carbonyl (C=O) groups is 1. The number of nitro groups is 1. The van der Waals surface area contributed by atoms with Crippen molar-refractivity contribution in [1.82, 2.24) is 0 Å². The van der Waals surface area contributed by atoms with Crippen LogP contribution in [0.25, 0.3) is 0 Å². The van der Waals surface area contributed by atoms with Crippen molar-refractivity contribution < 1.29 is 14.5 Å². The number of amides is 1. The highest BCUT2D eigenvalue weighted by Crippen LogP contribution is 2.45. The second-order valence-corrected chi connectivity index (χ2v) is 5.23. The molecular weight excluding hydrogens is 248 g/mol. The number of anilines is 1. The highest BCUT2D eigenvalue weighted by molar-refractivity contribution is 5.96. The van der Waals surface area contributed by atoms with E-state index >= 15 is 0 Å². The summed E-state index contributed by atoms with van der Waals surface area (Å²) >= 11 is 0. The molecule has 0 saturated heterocycles. The van der Waals surface area contributed by atoms with E-state index in [-0.39, 0.29) is 28.4 Å². The van der Waals surface area contributed by atoms with E-state index < -0.39 is 4.92 Å². The van der Waals surface area contributed by atoms with Crippen molar-refractivity contribution >= 4 is 17.3 Å². The molecular formula is C13H16N2O4. The summed E-state index contributed by atoms with van der Waals surface area (Å²) in [5.41, 5.74) is 0.553. The van der Waals surface area contributed by atoms with E-state index in [0.717, 1.165) is 5.56 Å². The third-order valence-electron chi connectivity index (χ3n) is 3.51. The number of carbonyl (C=O) groups excluding carboxylic acids is 1. The molecule has 1 amide bonds. The van der Waals surface area contributed by atoms with Crippen molar-refractivity contribution in [3.63, 3.8) is 0 Å². The second kappa shape index (κ2) is 4.53. The Morgan fingerprint density at radius 1 is 1.42 bits per heavy atom. The average molecular weight is 264 g/mol. The van der Waals surface area contributed by atoms with Crippen LogP contribution in [0.4, 0.5) is 11.4 Å². The SMILES string of the molecule is COc1ccc2c(c1[N+](=O)[O-])NC(=O)CCC2(C)C. The molecule has 6 heteroatoms. The Bertz CT molecular complexity index is 552. The zero-order chi connectivity index (χ0) is 14.2. The predicted octanol–water partition coefficient (Wildman–Crippen LogP) is 2.61. The highest BCUT2D eigenvalue weighted by atomic mass is 16.6. The van der Waals surface area contributed by atoms with Crippen LogP contribution in [0.2, 0.25) is 0 Å². The smallest absolute Gasteiger partial charge is 0.334 e. The molecule has 0 atom stereocenters. The van der Waals surface area contributed by atoms with E-state index in [4.69, 9.17) is 4.74 Å². The number of nitro benzene ring substituents is 1. The van der Waals surface area contributed by atoms with Gasteiger partial charge >= 0.3 is 5.69 Å². The molecule has 102 valence electrons. The third-order valence-corrected chi connectivity index (χ3v) is 3.51. The number of rotatable bonds is 2. The van der Waals surface area contributed by atoms with Crippen LogP contribution in [0.15, 0.2) is 12.1 Å². The van der Waals surface area contributed by atoms with Crippen LogP contribution in [0, 0.1) is 10.1 Å². The standard InChI is InChI=1S/C13H16N2O4/c1-13(2)7-6-10(16)14-11-8(13)4-5-9(19-3)12(11)15(17)18/h4-5H,6-7H2,1-3H3,(H,14,16). The lowest BCUT2D eigenvalue weighted by Gasteiger charge is -2.24. The molecule has 0 aromatic heterocycles. The van der Waals surface area contributed by atoms with E-state index in [2.05, 4.69) is 5.32 Å². The van der Waals surface area contributed by atoms with Gasteiger partial charge in [0.05, 0.1) is 12.0 Å². The minimum Gasteiger partial charge on any atom is -0.490 e. The summed E-state index contributed by atoms with van der Waals surface area (Å²) in [5, 5.41) is 13.9. The van der Waals surface area contributed by atoms with Crippen molar-refractivity contribution in [2.24, 2.45) is 0 Å². The van der Waals surface area contributed by atoms with Gasteiger partial charge in [0.15, 0.2) is 5.75 Å². The van der Waals surface area contributed by atoms with E-state index in [1.165, 1.54) is 7.11 Å². The van der Waals surface area contributed by atoms with Crippen LogP contribution >= 0.6 is 0 Å². The number of nitrogens with one attached hydrogen (secondary N) is 1. The lowest BCUT2D eigenvalue weighted by Crippen LogP contribution is -2.17. The first-order valence-corrected chi connectivity index (χ1v) is 6.02. The van der Waals surface area contributed by atoms with Gasteiger partial charge < -0.3 is 10.1 Å². The number of fused-ring (bicyclic) bond motifs is 1. The normalized spacial score (nSPS) is 17.1. The molecule has 2 rings (SSSR count). The molecule has 0 spiro atoms. The molecule has 1 aliphatic heterocycles. The number of nitrogens with zero attached hydrogens (tertiary/aromatic N) is 1. The van der Waals surface area contributed by atoms with Crippen LogP contribution in [-0.4, -0.2) is 17.9 Å². The van der Waals surface area contributed by atoms with E-state index in [1.807, 2.05) is 13.8 Å². The molecule has 1 N–H and O–H groups in total. The fourth-order valence-electron chi connectivity index (χ4n) is 2.37. The summed E-state index contributed by atoms with van der Waals surface area (Å²) in [6.07, 6.45) is 0.996. The number of hydrogen-bond acceptors (Lipinski definition) is 4. The van der Waals surface area contributed by atoms with Gasteiger partial charge in [0.2, 0.25) is 5.91 Å². The van der Waals surface area contributed by atoms with Gasteiger partial charge in [-0.2, -0.15) is 0 Å². The van der Waals surface area contributed by atoms with Gasteiger partial charge in [0, 0.05) is 6.42 Å². The van der Waals surface area contributed by atoms with Gasteiger partial charge in [-0.1, -0.05) is 19.9 Å². The molecule has 0 radical (unpaired) electrons. The third kappa shape index (κ3) is 2.25. The van der Waals surface area contributed by atoms with Crippen molar-refractivity contribution in [2.45, 2.75) is 32.1 Å². The molecule has 1 aromatic rings. The van der Waals surface area contributed by atoms with Crippen LogP contribution in [0.3, 0.4) is 0 Å². The monoisotopic (exact) mass is 264 g/mol. The number of ether oxygens (including phenoxy) is 1. The topological polar surface area (TPSA) is 81.5 Å². The Labute approximate surface area is 110 Å². The van der Waals surface area contributed by atoms with Gasteiger partial charge in [-0.25, -0.2) is 0 Å². The van der Waals surface area contributed by atoms with Crippen molar-refractivity contribution in [2.75, 3.05) is 12.4 Å². The molecule has 6 nitrogen and oxygen atoms in total. The van der Waals surface area contributed by atoms with E-state index in [9.17, 15) is 14.9 Å².